The summed E-state index contributed by atoms with van der Waals surface area (Å²) in [5, 5.41) is 2.69. The van der Waals surface area contributed by atoms with Gasteiger partial charge in [0, 0.05) is 24.0 Å². The number of nitrogens with zero attached hydrogens (tertiary/aromatic N) is 1. The second-order valence-electron chi connectivity index (χ2n) is 5.43. The maximum Gasteiger partial charge on any atom is 0.248 e. The Kier molecular flexibility index (Phi) is 4.13. The van der Waals surface area contributed by atoms with Crippen LogP contribution in [-0.2, 0) is 16.1 Å². The lowest BCUT2D eigenvalue weighted by Crippen LogP contribution is -2.52. The second-order valence-corrected chi connectivity index (χ2v) is 6.34. The number of benzene rings is 1. The van der Waals surface area contributed by atoms with Gasteiger partial charge < -0.3 is 10.2 Å². The van der Waals surface area contributed by atoms with Crippen molar-refractivity contribution in [3.05, 3.63) is 34.1 Å². The summed E-state index contributed by atoms with van der Waals surface area (Å²) in [5.41, 5.74) is -0.242. The molecule has 4 nitrogen and oxygen atoms in total. The predicted molar refractivity (Wildman–Crippen MR) is 76.4 cm³/mol. The van der Waals surface area contributed by atoms with Gasteiger partial charge in [0.2, 0.25) is 11.8 Å². The SMILES string of the molecule is CC1(C)NC(=O)CCN(Cc2cc(F)cc(Br)c2)C1=O. The lowest BCUT2D eigenvalue weighted by atomic mass is 10.0. The molecule has 1 aliphatic rings. The molecule has 1 heterocycles. The van der Waals surface area contributed by atoms with Crippen LogP contribution in [0.3, 0.4) is 0 Å². The molecule has 1 N–H and O–H groups in total. The summed E-state index contributed by atoms with van der Waals surface area (Å²) < 4.78 is 14.0. The molecule has 2 rings (SSSR count). The van der Waals surface area contributed by atoms with Crippen LogP contribution in [0.2, 0.25) is 0 Å². The first kappa shape index (κ1) is 15.0. The number of halogens is 2. The van der Waals surface area contributed by atoms with Crippen molar-refractivity contribution in [1.82, 2.24) is 10.2 Å². The highest BCUT2D eigenvalue weighted by molar-refractivity contribution is 9.10. The first-order valence-electron chi connectivity index (χ1n) is 6.33. The summed E-state index contributed by atoms with van der Waals surface area (Å²) in [6, 6.07) is 4.53. The van der Waals surface area contributed by atoms with E-state index in [1.165, 1.54) is 12.1 Å². The van der Waals surface area contributed by atoms with Crippen molar-refractivity contribution in [3.8, 4) is 0 Å². The number of amides is 2. The lowest BCUT2D eigenvalue weighted by Gasteiger charge is -2.28. The van der Waals surface area contributed by atoms with E-state index >= 15 is 0 Å². The fourth-order valence-electron chi connectivity index (χ4n) is 2.27. The quantitative estimate of drug-likeness (QED) is 0.895. The Labute approximate surface area is 125 Å². The standard InChI is InChI=1S/C14H16BrFN2O2/c1-14(2)13(20)18(4-3-12(19)17-14)8-9-5-10(15)7-11(16)6-9/h5-7H,3-4,8H2,1-2H3,(H,17,19). The molecule has 108 valence electrons. The third kappa shape index (κ3) is 3.36. The number of hydrogen-bond acceptors (Lipinski definition) is 2. The van der Waals surface area contributed by atoms with Gasteiger partial charge in [-0.05, 0) is 37.6 Å². The molecule has 0 unspecified atom stereocenters. The van der Waals surface area contributed by atoms with E-state index in [1.54, 1.807) is 24.8 Å². The predicted octanol–water partition coefficient (Wildman–Crippen LogP) is 2.22. The average Bonchev–Trinajstić information content (AvgIpc) is 2.39. The molecule has 1 fully saturated rings. The van der Waals surface area contributed by atoms with Gasteiger partial charge in [0.15, 0.2) is 0 Å². The zero-order valence-electron chi connectivity index (χ0n) is 11.4. The van der Waals surface area contributed by atoms with Gasteiger partial charge in [-0.2, -0.15) is 0 Å². The zero-order chi connectivity index (χ0) is 14.9. The first-order chi connectivity index (χ1) is 9.28. The van der Waals surface area contributed by atoms with Crippen LogP contribution in [-0.4, -0.2) is 28.8 Å². The lowest BCUT2D eigenvalue weighted by molar-refractivity contribution is -0.137. The minimum atomic E-state index is -0.932. The van der Waals surface area contributed by atoms with Gasteiger partial charge in [0.25, 0.3) is 0 Å². The molecule has 0 aromatic heterocycles. The molecule has 0 spiro atoms. The zero-order valence-corrected chi connectivity index (χ0v) is 13.0. The molecule has 0 radical (unpaired) electrons. The van der Waals surface area contributed by atoms with Crippen LogP contribution in [0.5, 0.6) is 0 Å². The largest absolute Gasteiger partial charge is 0.342 e. The van der Waals surface area contributed by atoms with Crippen LogP contribution in [0.1, 0.15) is 25.8 Å². The molecule has 0 bridgehead atoms. The van der Waals surface area contributed by atoms with Crippen molar-refractivity contribution < 1.29 is 14.0 Å². The molecular formula is C14H16BrFN2O2. The van der Waals surface area contributed by atoms with E-state index in [-0.39, 0.29) is 30.6 Å². The number of carbonyl (C=O) groups excluding carboxylic acids is 2. The highest BCUT2D eigenvalue weighted by atomic mass is 79.9. The van der Waals surface area contributed by atoms with Crippen molar-refractivity contribution >= 4 is 27.7 Å². The van der Waals surface area contributed by atoms with E-state index in [0.717, 1.165) is 0 Å². The van der Waals surface area contributed by atoms with E-state index in [9.17, 15) is 14.0 Å². The maximum absolute atomic E-state index is 13.4. The van der Waals surface area contributed by atoms with Crippen LogP contribution in [0.25, 0.3) is 0 Å². The fraction of sp³-hybridized carbons (Fsp3) is 0.429. The molecule has 0 atom stereocenters. The van der Waals surface area contributed by atoms with Gasteiger partial charge in [-0.3, -0.25) is 9.59 Å². The maximum atomic E-state index is 13.4. The first-order valence-corrected chi connectivity index (χ1v) is 7.12. The Morgan fingerprint density at radius 1 is 1.35 bits per heavy atom. The summed E-state index contributed by atoms with van der Waals surface area (Å²) in [4.78, 5) is 25.6. The van der Waals surface area contributed by atoms with Crippen LogP contribution in [0.4, 0.5) is 4.39 Å². The number of rotatable bonds is 2. The third-order valence-corrected chi connectivity index (χ3v) is 3.64. The molecule has 0 aliphatic carbocycles. The smallest absolute Gasteiger partial charge is 0.248 e. The number of carbonyl (C=O) groups is 2. The molecule has 1 saturated heterocycles. The van der Waals surface area contributed by atoms with Crippen LogP contribution >= 0.6 is 15.9 Å². The normalized spacial score (nSPS) is 18.7. The van der Waals surface area contributed by atoms with E-state index in [4.69, 9.17) is 0 Å². The molecule has 1 aromatic rings. The van der Waals surface area contributed by atoms with Crippen molar-refractivity contribution in [1.29, 1.82) is 0 Å². The monoisotopic (exact) mass is 342 g/mol. The Balaban J connectivity index is 2.23. The highest BCUT2D eigenvalue weighted by Gasteiger charge is 2.36. The third-order valence-electron chi connectivity index (χ3n) is 3.18. The van der Waals surface area contributed by atoms with Gasteiger partial charge >= 0.3 is 0 Å². The van der Waals surface area contributed by atoms with Crippen molar-refractivity contribution in [2.75, 3.05) is 6.54 Å². The van der Waals surface area contributed by atoms with Crippen molar-refractivity contribution in [2.45, 2.75) is 32.4 Å². The van der Waals surface area contributed by atoms with E-state index in [1.807, 2.05) is 0 Å². The van der Waals surface area contributed by atoms with E-state index in [0.29, 0.717) is 16.6 Å². The number of hydrogen-bond donors (Lipinski definition) is 1. The van der Waals surface area contributed by atoms with Gasteiger partial charge in [-0.25, -0.2) is 4.39 Å². The minimum Gasteiger partial charge on any atom is -0.342 e. The molecule has 20 heavy (non-hydrogen) atoms. The Bertz CT molecular complexity index is 540. The van der Waals surface area contributed by atoms with Crippen LogP contribution < -0.4 is 5.32 Å². The minimum absolute atomic E-state index is 0.147. The van der Waals surface area contributed by atoms with Crippen molar-refractivity contribution in [2.24, 2.45) is 0 Å². The molecule has 0 saturated carbocycles. The fourth-order valence-corrected chi connectivity index (χ4v) is 2.78. The summed E-state index contributed by atoms with van der Waals surface area (Å²) in [6.07, 6.45) is 0.256. The van der Waals surface area contributed by atoms with Gasteiger partial charge in [0.1, 0.15) is 11.4 Å². The van der Waals surface area contributed by atoms with Crippen LogP contribution in [0.15, 0.2) is 22.7 Å². The summed E-state index contributed by atoms with van der Waals surface area (Å²) in [6.45, 7) is 3.97. The Morgan fingerprint density at radius 3 is 2.70 bits per heavy atom. The van der Waals surface area contributed by atoms with E-state index < -0.39 is 5.54 Å². The topological polar surface area (TPSA) is 49.4 Å². The highest BCUT2D eigenvalue weighted by Crippen LogP contribution is 2.19. The molecule has 2 amide bonds. The van der Waals surface area contributed by atoms with Crippen molar-refractivity contribution in [3.63, 3.8) is 0 Å². The van der Waals surface area contributed by atoms with Gasteiger partial charge in [-0.1, -0.05) is 15.9 Å². The molecule has 1 aliphatic heterocycles. The Hall–Kier alpha value is -1.43. The second kappa shape index (κ2) is 5.52. The summed E-state index contributed by atoms with van der Waals surface area (Å²) in [7, 11) is 0. The van der Waals surface area contributed by atoms with Gasteiger partial charge in [0.05, 0.1) is 0 Å². The average molecular weight is 343 g/mol. The van der Waals surface area contributed by atoms with Crippen LogP contribution in [0, 0.1) is 5.82 Å². The Morgan fingerprint density at radius 2 is 2.05 bits per heavy atom. The molecule has 1 aromatic carbocycles. The number of nitrogens with one attached hydrogen (secondary N) is 1. The summed E-state index contributed by atoms with van der Waals surface area (Å²) >= 11 is 3.23. The molecular weight excluding hydrogens is 327 g/mol. The molecule has 6 heteroatoms. The van der Waals surface area contributed by atoms with E-state index in [2.05, 4.69) is 21.2 Å². The summed E-state index contributed by atoms with van der Waals surface area (Å²) in [5.74, 6) is -0.667. The van der Waals surface area contributed by atoms with Gasteiger partial charge in [-0.15, -0.1) is 0 Å².